The Morgan fingerprint density at radius 1 is 1.25 bits per heavy atom. The van der Waals surface area contributed by atoms with Gasteiger partial charge in [0.05, 0.1) is 30.6 Å². The average Bonchev–Trinajstić information content (AvgIpc) is 2.80. The molecule has 0 spiro atoms. The molecule has 1 aromatic heterocycles. The Morgan fingerprint density at radius 3 is 2.50 bits per heavy atom. The van der Waals surface area contributed by atoms with Crippen LogP contribution >= 0.6 is 0 Å². The molecule has 1 atom stereocenters. The summed E-state index contributed by atoms with van der Waals surface area (Å²) in [5, 5.41) is 17.9. The number of aromatic nitrogens is 2. The smallest absolute Gasteiger partial charge is 0.216 e. The van der Waals surface area contributed by atoms with Crippen molar-refractivity contribution in [2.45, 2.75) is 39.5 Å². The first-order chi connectivity index (χ1) is 11.4. The second-order valence-electron chi connectivity index (χ2n) is 6.08. The molecule has 0 fully saturated rings. The van der Waals surface area contributed by atoms with Gasteiger partial charge in [0.2, 0.25) is 5.88 Å². The standard InChI is InChI=1S/C18H27N3O3/c1-12(2)24-15-8-6-14(7-9-15)17(22)11-19-10-16-13(3)20-21(4)18(16)23-5/h6-9,12,17,19,22H,10-11H2,1-5H3. The Morgan fingerprint density at radius 2 is 1.92 bits per heavy atom. The number of nitrogens with zero attached hydrogens (tertiary/aromatic N) is 2. The van der Waals surface area contributed by atoms with Gasteiger partial charge in [0.15, 0.2) is 0 Å². The lowest BCUT2D eigenvalue weighted by Crippen LogP contribution is -2.21. The molecule has 132 valence electrons. The first kappa shape index (κ1) is 18.3. The van der Waals surface area contributed by atoms with E-state index >= 15 is 0 Å². The molecule has 2 rings (SSSR count). The molecule has 0 bridgehead atoms. The second-order valence-corrected chi connectivity index (χ2v) is 6.08. The minimum Gasteiger partial charge on any atom is -0.491 e. The van der Waals surface area contributed by atoms with Crippen LogP contribution in [0.4, 0.5) is 0 Å². The highest BCUT2D eigenvalue weighted by molar-refractivity contribution is 5.31. The number of methoxy groups -OCH3 is 1. The zero-order valence-corrected chi connectivity index (χ0v) is 15.0. The van der Waals surface area contributed by atoms with Crippen LogP contribution in [0, 0.1) is 6.92 Å². The molecule has 0 radical (unpaired) electrons. The Balaban J connectivity index is 1.90. The third-order valence-corrected chi connectivity index (χ3v) is 3.76. The van der Waals surface area contributed by atoms with Gasteiger partial charge in [0.1, 0.15) is 5.75 Å². The minimum absolute atomic E-state index is 0.139. The highest BCUT2D eigenvalue weighted by Crippen LogP contribution is 2.21. The summed E-state index contributed by atoms with van der Waals surface area (Å²) < 4.78 is 12.7. The van der Waals surface area contributed by atoms with E-state index in [-0.39, 0.29) is 6.10 Å². The summed E-state index contributed by atoms with van der Waals surface area (Å²) in [4.78, 5) is 0. The van der Waals surface area contributed by atoms with Gasteiger partial charge in [-0.05, 0) is 38.5 Å². The molecule has 0 aliphatic carbocycles. The number of rotatable bonds is 8. The normalized spacial score (nSPS) is 12.5. The monoisotopic (exact) mass is 333 g/mol. The van der Waals surface area contributed by atoms with Gasteiger partial charge in [-0.3, -0.25) is 0 Å². The van der Waals surface area contributed by atoms with E-state index in [1.807, 2.05) is 52.1 Å². The van der Waals surface area contributed by atoms with Crippen molar-refractivity contribution in [1.29, 1.82) is 0 Å². The van der Waals surface area contributed by atoms with Crippen LogP contribution in [-0.2, 0) is 13.6 Å². The van der Waals surface area contributed by atoms with Gasteiger partial charge >= 0.3 is 0 Å². The molecule has 1 unspecified atom stereocenters. The van der Waals surface area contributed by atoms with Crippen molar-refractivity contribution >= 4 is 0 Å². The van der Waals surface area contributed by atoms with Crippen molar-refractivity contribution in [3.8, 4) is 11.6 Å². The fourth-order valence-corrected chi connectivity index (χ4v) is 2.63. The number of hydrogen-bond donors (Lipinski definition) is 2. The van der Waals surface area contributed by atoms with Crippen LogP contribution in [0.1, 0.15) is 36.8 Å². The van der Waals surface area contributed by atoms with Crippen LogP contribution in [0.3, 0.4) is 0 Å². The molecule has 0 aliphatic rings. The summed E-state index contributed by atoms with van der Waals surface area (Å²) in [5.41, 5.74) is 2.79. The third-order valence-electron chi connectivity index (χ3n) is 3.76. The number of aryl methyl sites for hydroxylation is 2. The van der Waals surface area contributed by atoms with Gasteiger partial charge in [-0.15, -0.1) is 0 Å². The van der Waals surface area contributed by atoms with Gasteiger partial charge in [0, 0.05) is 20.1 Å². The fraction of sp³-hybridized carbons (Fsp3) is 0.500. The van der Waals surface area contributed by atoms with Crippen molar-refractivity contribution in [3.63, 3.8) is 0 Å². The van der Waals surface area contributed by atoms with Gasteiger partial charge in [0.25, 0.3) is 0 Å². The summed E-state index contributed by atoms with van der Waals surface area (Å²) in [7, 11) is 3.49. The van der Waals surface area contributed by atoms with E-state index in [2.05, 4.69) is 10.4 Å². The van der Waals surface area contributed by atoms with Gasteiger partial charge in [-0.2, -0.15) is 5.10 Å². The summed E-state index contributed by atoms with van der Waals surface area (Å²) >= 11 is 0. The number of aliphatic hydroxyl groups is 1. The van der Waals surface area contributed by atoms with Crippen molar-refractivity contribution < 1.29 is 14.6 Å². The van der Waals surface area contributed by atoms with E-state index in [9.17, 15) is 5.11 Å². The van der Waals surface area contributed by atoms with E-state index in [0.29, 0.717) is 13.1 Å². The number of ether oxygens (including phenoxy) is 2. The van der Waals surface area contributed by atoms with Crippen molar-refractivity contribution in [2.24, 2.45) is 7.05 Å². The first-order valence-electron chi connectivity index (χ1n) is 8.14. The maximum Gasteiger partial charge on any atom is 0.216 e. The predicted molar refractivity (Wildman–Crippen MR) is 93.4 cm³/mol. The number of nitrogens with one attached hydrogen (secondary N) is 1. The SMILES string of the molecule is COc1c(CNCC(O)c2ccc(OC(C)C)cc2)c(C)nn1C. The van der Waals surface area contributed by atoms with Crippen LogP contribution in [0.5, 0.6) is 11.6 Å². The minimum atomic E-state index is -0.582. The Hall–Kier alpha value is -2.05. The molecule has 0 saturated carbocycles. The second kappa shape index (κ2) is 8.17. The highest BCUT2D eigenvalue weighted by Gasteiger charge is 2.14. The van der Waals surface area contributed by atoms with Gasteiger partial charge in [-0.25, -0.2) is 4.68 Å². The van der Waals surface area contributed by atoms with Crippen LogP contribution in [0.25, 0.3) is 0 Å². The van der Waals surface area contributed by atoms with Crippen LogP contribution in [0.2, 0.25) is 0 Å². The van der Waals surface area contributed by atoms with Crippen LogP contribution < -0.4 is 14.8 Å². The molecule has 2 N–H and O–H groups in total. The van der Waals surface area contributed by atoms with E-state index in [1.54, 1.807) is 11.8 Å². The van der Waals surface area contributed by atoms with E-state index in [1.165, 1.54) is 0 Å². The molecule has 1 aromatic carbocycles. The van der Waals surface area contributed by atoms with Gasteiger partial charge < -0.3 is 19.9 Å². The molecule has 0 saturated heterocycles. The lowest BCUT2D eigenvalue weighted by molar-refractivity contribution is 0.174. The molecule has 1 heterocycles. The summed E-state index contributed by atoms with van der Waals surface area (Å²) in [6, 6.07) is 7.54. The largest absolute Gasteiger partial charge is 0.491 e. The lowest BCUT2D eigenvalue weighted by Gasteiger charge is -2.14. The highest BCUT2D eigenvalue weighted by atomic mass is 16.5. The molecule has 2 aromatic rings. The Labute approximate surface area is 143 Å². The maximum absolute atomic E-state index is 10.3. The Bertz CT molecular complexity index is 650. The molecule has 0 amide bonds. The summed E-state index contributed by atoms with van der Waals surface area (Å²) in [5.74, 6) is 1.55. The predicted octanol–water partition coefficient (Wildman–Crippen LogP) is 2.35. The van der Waals surface area contributed by atoms with Crippen LogP contribution in [-0.4, -0.2) is 34.6 Å². The van der Waals surface area contributed by atoms with E-state index in [0.717, 1.165) is 28.5 Å². The molecule has 0 aliphatic heterocycles. The topological polar surface area (TPSA) is 68.5 Å². The molecule has 6 nitrogen and oxygen atoms in total. The fourth-order valence-electron chi connectivity index (χ4n) is 2.63. The zero-order chi connectivity index (χ0) is 17.7. The molecular formula is C18H27N3O3. The van der Waals surface area contributed by atoms with Crippen molar-refractivity contribution in [1.82, 2.24) is 15.1 Å². The zero-order valence-electron chi connectivity index (χ0n) is 15.0. The van der Waals surface area contributed by atoms with Gasteiger partial charge in [-0.1, -0.05) is 12.1 Å². The quantitative estimate of drug-likeness (QED) is 0.776. The van der Waals surface area contributed by atoms with Crippen molar-refractivity contribution in [2.75, 3.05) is 13.7 Å². The third kappa shape index (κ3) is 4.49. The Kier molecular flexibility index (Phi) is 6.23. The average molecular weight is 333 g/mol. The van der Waals surface area contributed by atoms with Crippen LogP contribution in [0.15, 0.2) is 24.3 Å². The summed E-state index contributed by atoms with van der Waals surface area (Å²) in [6.07, 6.45) is -0.443. The lowest BCUT2D eigenvalue weighted by atomic mass is 10.1. The molecule has 24 heavy (non-hydrogen) atoms. The molecule has 6 heteroatoms. The molecular weight excluding hydrogens is 306 g/mol. The number of benzene rings is 1. The number of hydrogen-bond acceptors (Lipinski definition) is 5. The summed E-state index contributed by atoms with van der Waals surface area (Å²) in [6.45, 7) is 6.96. The van der Waals surface area contributed by atoms with E-state index < -0.39 is 6.10 Å². The maximum atomic E-state index is 10.3. The van der Waals surface area contributed by atoms with E-state index in [4.69, 9.17) is 9.47 Å². The first-order valence-corrected chi connectivity index (χ1v) is 8.14. The van der Waals surface area contributed by atoms with Crippen molar-refractivity contribution in [3.05, 3.63) is 41.1 Å². The number of aliphatic hydroxyl groups excluding tert-OH is 1.